The van der Waals surface area contributed by atoms with Gasteiger partial charge in [0.2, 0.25) is 0 Å². The van der Waals surface area contributed by atoms with E-state index in [1.807, 2.05) is 0 Å². The Labute approximate surface area is 93.7 Å². The number of hydrogen-bond donors (Lipinski definition) is 4. The van der Waals surface area contributed by atoms with Crippen molar-refractivity contribution >= 4 is 26.8 Å². The van der Waals surface area contributed by atoms with Crippen LogP contribution in [-0.4, -0.2) is 20.7 Å². The SMILES string of the molecule is O=P(O)(O)OP(O)(S)=NC1CCCCC1. The van der Waals surface area contributed by atoms with E-state index in [4.69, 9.17) is 9.79 Å². The maximum Gasteiger partial charge on any atom is 0.476 e. The van der Waals surface area contributed by atoms with E-state index in [1.165, 1.54) is 0 Å². The van der Waals surface area contributed by atoms with E-state index < -0.39 is 14.5 Å². The first-order chi connectivity index (χ1) is 6.79. The lowest BCUT2D eigenvalue weighted by Gasteiger charge is -2.21. The third kappa shape index (κ3) is 6.07. The summed E-state index contributed by atoms with van der Waals surface area (Å²) in [5.41, 5.74) is 0. The molecule has 0 radical (unpaired) electrons. The Morgan fingerprint density at radius 1 is 1.20 bits per heavy atom. The predicted octanol–water partition coefficient (Wildman–Crippen LogP) is 2.30. The third-order valence-electron chi connectivity index (χ3n) is 2.10. The summed E-state index contributed by atoms with van der Waals surface area (Å²) in [6.45, 7) is -3.58. The molecule has 0 spiro atoms. The van der Waals surface area contributed by atoms with Crippen LogP contribution in [0.1, 0.15) is 32.1 Å². The molecule has 1 rings (SSSR count). The summed E-state index contributed by atoms with van der Waals surface area (Å²) >= 11 is 3.68. The second-order valence-electron chi connectivity index (χ2n) is 3.49. The fourth-order valence-electron chi connectivity index (χ4n) is 1.57. The molecular formula is C6H15NO5P2S. The molecule has 0 bridgehead atoms. The standard InChI is InChI=1S/C6H15NO5P2S/c8-13(15,12-14(9,10)11)7-6-4-2-1-3-5-6/h6,8,15H,1-5H2,(H2,9,10,11). The van der Waals surface area contributed by atoms with Gasteiger partial charge >= 0.3 is 7.82 Å². The summed E-state index contributed by atoms with van der Waals surface area (Å²) in [4.78, 5) is 26.6. The molecule has 0 saturated heterocycles. The van der Waals surface area contributed by atoms with Crippen LogP contribution in [0.3, 0.4) is 0 Å². The monoisotopic (exact) mass is 275 g/mol. The minimum atomic E-state index is -4.73. The van der Waals surface area contributed by atoms with Gasteiger partial charge in [0.05, 0.1) is 6.04 Å². The minimum Gasteiger partial charge on any atom is -0.332 e. The molecule has 1 aliphatic carbocycles. The summed E-state index contributed by atoms with van der Waals surface area (Å²) in [5, 5.41) is 0. The zero-order valence-electron chi connectivity index (χ0n) is 8.06. The molecule has 0 aromatic carbocycles. The topological polar surface area (TPSA) is 99.4 Å². The van der Waals surface area contributed by atoms with Gasteiger partial charge < -0.3 is 14.7 Å². The molecule has 1 atom stereocenters. The molecule has 0 aromatic heterocycles. The van der Waals surface area contributed by atoms with Gasteiger partial charge in [0.1, 0.15) is 0 Å². The fraction of sp³-hybridized carbons (Fsp3) is 1.00. The van der Waals surface area contributed by atoms with Crippen LogP contribution in [0.15, 0.2) is 4.74 Å². The smallest absolute Gasteiger partial charge is 0.332 e. The highest BCUT2D eigenvalue weighted by molar-refractivity contribution is 8.45. The van der Waals surface area contributed by atoms with Crippen molar-refractivity contribution in [1.29, 1.82) is 0 Å². The maximum atomic E-state index is 10.5. The normalized spacial score (nSPS) is 23.5. The Morgan fingerprint density at radius 3 is 2.20 bits per heavy atom. The quantitative estimate of drug-likeness (QED) is 0.468. The van der Waals surface area contributed by atoms with E-state index in [0.29, 0.717) is 0 Å². The van der Waals surface area contributed by atoms with Crippen molar-refractivity contribution < 1.29 is 23.6 Å². The molecule has 9 heteroatoms. The number of nitrogens with zero attached hydrogens (tertiary/aromatic N) is 1. The van der Waals surface area contributed by atoms with Gasteiger partial charge in [-0.3, -0.25) is 0 Å². The van der Waals surface area contributed by atoms with Gasteiger partial charge in [-0.15, -0.1) is 0 Å². The van der Waals surface area contributed by atoms with E-state index in [0.717, 1.165) is 32.1 Å². The highest BCUT2D eigenvalue weighted by Crippen LogP contribution is 2.63. The molecule has 1 unspecified atom stereocenters. The van der Waals surface area contributed by atoms with Gasteiger partial charge in [0, 0.05) is 0 Å². The van der Waals surface area contributed by atoms with Crippen molar-refractivity contribution in [2.45, 2.75) is 38.1 Å². The van der Waals surface area contributed by atoms with Crippen molar-refractivity contribution in [1.82, 2.24) is 0 Å². The van der Waals surface area contributed by atoms with Crippen molar-refractivity contribution in [3.63, 3.8) is 0 Å². The van der Waals surface area contributed by atoms with E-state index in [9.17, 15) is 9.46 Å². The first-order valence-corrected chi connectivity index (χ1v) is 8.92. The van der Waals surface area contributed by atoms with Gasteiger partial charge in [0.15, 0.2) is 0 Å². The largest absolute Gasteiger partial charge is 0.476 e. The van der Waals surface area contributed by atoms with Gasteiger partial charge in [-0.05, 0) is 12.8 Å². The second kappa shape index (κ2) is 5.32. The number of thiol groups is 1. The zero-order chi connectivity index (χ0) is 11.5. The van der Waals surface area contributed by atoms with Crippen LogP contribution in [-0.2, 0) is 8.88 Å². The van der Waals surface area contributed by atoms with Crippen LogP contribution >= 0.6 is 26.8 Å². The van der Waals surface area contributed by atoms with Crippen LogP contribution < -0.4 is 0 Å². The minimum absolute atomic E-state index is 0.0962. The highest BCUT2D eigenvalue weighted by atomic mass is 32.7. The Morgan fingerprint density at radius 2 is 1.73 bits per heavy atom. The Hall–Kier alpha value is 0.650. The van der Waals surface area contributed by atoms with Crippen LogP contribution in [0.5, 0.6) is 0 Å². The van der Waals surface area contributed by atoms with Crippen molar-refractivity contribution in [2.24, 2.45) is 4.74 Å². The molecule has 1 aliphatic rings. The molecule has 90 valence electrons. The maximum absolute atomic E-state index is 10.5. The first-order valence-electron chi connectivity index (χ1n) is 4.62. The van der Waals surface area contributed by atoms with E-state index >= 15 is 0 Å². The van der Waals surface area contributed by atoms with Crippen LogP contribution in [0.4, 0.5) is 0 Å². The van der Waals surface area contributed by atoms with Gasteiger partial charge in [-0.1, -0.05) is 31.5 Å². The third-order valence-corrected chi connectivity index (χ3v) is 5.43. The van der Waals surface area contributed by atoms with Crippen molar-refractivity contribution in [3.05, 3.63) is 0 Å². The molecule has 0 aromatic rings. The summed E-state index contributed by atoms with van der Waals surface area (Å²) in [5.74, 6) is 0. The Bertz CT molecular complexity index is 305. The van der Waals surface area contributed by atoms with E-state index in [-0.39, 0.29) is 6.04 Å². The molecule has 0 aliphatic heterocycles. The number of phosphoric acid groups is 1. The number of rotatable bonds is 3. The lowest BCUT2D eigenvalue weighted by molar-refractivity contribution is 0.282. The van der Waals surface area contributed by atoms with Crippen LogP contribution in [0, 0.1) is 0 Å². The number of hydrogen-bond acceptors (Lipinski definition) is 3. The summed E-state index contributed by atoms with van der Waals surface area (Å²) in [7, 11) is -4.73. The fourth-order valence-corrected chi connectivity index (χ4v) is 4.83. The molecule has 0 heterocycles. The van der Waals surface area contributed by atoms with E-state index in [2.05, 4.69) is 21.3 Å². The summed E-state index contributed by atoms with van der Waals surface area (Å²) in [6.07, 6.45) is 4.78. The lowest BCUT2D eigenvalue weighted by atomic mass is 9.97. The van der Waals surface area contributed by atoms with E-state index in [1.54, 1.807) is 0 Å². The van der Waals surface area contributed by atoms with Gasteiger partial charge in [-0.25, -0.2) is 13.6 Å². The average Bonchev–Trinajstić information content (AvgIpc) is 1.99. The molecule has 1 fully saturated rings. The average molecular weight is 275 g/mol. The summed E-state index contributed by atoms with van der Waals surface area (Å²) < 4.78 is 18.5. The highest BCUT2D eigenvalue weighted by Gasteiger charge is 2.27. The van der Waals surface area contributed by atoms with Gasteiger partial charge in [-0.2, -0.15) is 0 Å². The lowest BCUT2D eigenvalue weighted by Crippen LogP contribution is -2.08. The second-order valence-corrected chi connectivity index (χ2v) is 7.95. The van der Waals surface area contributed by atoms with Crippen molar-refractivity contribution in [3.8, 4) is 0 Å². The Balaban J connectivity index is 2.66. The molecule has 0 amide bonds. The molecule has 6 nitrogen and oxygen atoms in total. The molecular weight excluding hydrogens is 260 g/mol. The van der Waals surface area contributed by atoms with Crippen LogP contribution in [0.25, 0.3) is 0 Å². The summed E-state index contributed by atoms with van der Waals surface area (Å²) in [6, 6.07) is -0.0962. The Kier molecular flexibility index (Phi) is 4.86. The van der Waals surface area contributed by atoms with Crippen molar-refractivity contribution in [2.75, 3.05) is 0 Å². The zero-order valence-corrected chi connectivity index (χ0v) is 10.7. The molecule has 15 heavy (non-hydrogen) atoms. The molecule has 3 N–H and O–H groups in total. The first kappa shape index (κ1) is 13.7. The van der Waals surface area contributed by atoms with Gasteiger partial charge in [0.25, 0.3) is 6.71 Å². The predicted molar refractivity (Wildman–Crippen MR) is 60.6 cm³/mol. The van der Waals surface area contributed by atoms with Crippen LogP contribution in [0.2, 0.25) is 0 Å². The molecule has 1 saturated carbocycles.